The van der Waals surface area contributed by atoms with Crippen molar-refractivity contribution in [2.45, 2.75) is 43.8 Å². The van der Waals surface area contributed by atoms with E-state index in [1.54, 1.807) is 13.8 Å². The number of hydrogen-bond donors (Lipinski definition) is 2. The molecule has 3 N–H and O–H groups in total. The van der Waals surface area contributed by atoms with E-state index in [1.807, 2.05) is 0 Å². The van der Waals surface area contributed by atoms with Crippen LogP contribution < -0.4 is 10.5 Å². The molecule has 1 amide bonds. The lowest BCUT2D eigenvalue weighted by molar-refractivity contribution is 0.0640. The van der Waals surface area contributed by atoms with E-state index in [2.05, 4.69) is 4.74 Å². The molecule has 192 valence electrons. The molecule has 0 atom stereocenters. The minimum absolute atomic E-state index is 0.00234. The lowest BCUT2D eigenvalue weighted by Crippen LogP contribution is -2.40. The van der Waals surface area contributed by atoms with Gasteiger partial charge in [0.2, 0.25) is 10.0 Å². The molecular formula is C24H25FN2O8S. The van der Waals surface area contributed by atoms with Crippen molar-refractivity contribution in [3.05, 3.63) is 47.8 Å². The summed E-state index contributed by atoms with van der Waals surface area (Å²) in [7, 11) is -4.07. The van der Waals surface area contributed by atoms with Crippen molar-refractivity contribution in [2.75, 3.05) is 13.1 Å². The first kappa shape index (κ1) is 25.6. The largest absolute Gasteiger partial charge is 0.490 e. The van der Waals surface area contributed by atoms with Crippen LogP contribution in [0.15, 0.2) is 45.7 Å². The fourth-order valence-electron chi connectivity index (χ4n) is 4.02. The highest BCUT2D eigenvalue weighted by Crippen LogP contribution is 2.40. The number of hydrogen-bond acceptors (Lipinski definition) is 8. The predicted octanol–water partition coefficient (Wildman–Crippen LogP) is 3.41. The van der Waals surface area contributed by atoms with Crippen molar-refractivity contribution in [3.63, 3.8) is 0 Å². The van der Waals surface area contributed by atoms with Crippen LogP contribution in [0.25, 0.3) is 22.3 Å². The minimum atomic E-state index is -4.07. The number of aliphatic hydroxyl groups is 1. The van der Waals surface area contributed by atoms with Gasteiger partial charge in [0.25, 0.3) is 0 Å². The molecule has 1 saturated heterocycles. The van der Waals surface area contributed by atoms with Crippen LogP contribution in [0.1, 0.15) is 37.0 Å². The molecule has 0 radical (unpaired) electrons. The third-order valence-corrected chi connectivity index (χ3v) is 7.58. The van der Waals surface area contributed by atoms with E-state index in [-0.39, 0.29) is 51.6 Å². The summed E-state index contributed by atoms with van der Waals surface area (Å²) >= 11 is 0. The second kappa shape index (κ2) is 9.88. The molecule has 1 aliphatic heterocycles. The van der Waals surface area contributed by atoms with Crippen molar-refractivity contribution in [3.8, 4) is 17.1 Å². The van der Waals surface area contributed by atoms with E-state index in [0.717, 1.165) is 12.1 Å². The Balaban J connectivity index is 1.94. The Labute approximate surface area is 206 Å². The molecule has 3 aromatic rings. The maximum Gasteiger partial charge on any atom is 0.412 e. The molecule has 4 rings (SSSR count). The van der Waals surface area contributed by atoms with Gasteiger partial charge in [0.05, 0.1) is 12.2 Å². The predicted molar refractivity (Wildman–Crippen MR) is 126 cm³/mol. The quantitative estimate of drug-likeness (QED) is 0.371. The molecule has 10 nitrogen and oxygen atoms in total. The number of fused-ring (bicyclic) bond motifs is 1. The molecule has 0 aliphatic carbocycles. The second-order valence-electron chi connectivity index (χ2n) is 8.62. The molecule has 0 saturated carbocycles. The molecule has 1 aliphatic rings. The number of halogens is 1. The number of aliphatic hydroxyl groups excluding tert-OH is 1. The van der Waals surface area contributed by atoms with Gasteiger partial charge in [0.15, 0.2) is 0 Å². The number of furan rings is 1. The third-order valence-electron chi connectivity index (χ3n) is 5.66. The second-order valence-corrected chi connectivity index (χ2v) is 10.5. The summed E-state index contributed by atoms with van der Waals surface area (Å²) in [5, 5.41) is 9.90. The first-order valence-corrected chi connectivity index (χ1v) is 12.6. The number of ether oxygens (including phenoxy) is 2. The molecule has 36 heavy (non-hydrogen) atoms. The van der Waals surface area contributed by atoms with Gasteiger partial charge in [-0.15, -0.1) is 0 Å². The topological polar surface area (TPSA) is 149 Å². The van der Waals surface area contributed by atoms with Crippen LogP contribution in [-0.4, -0.2) is 55.2 Å². The van der Waals surface area contributed by atoms with Crippen molar-refractivity contribution in [1.29, 1.82) is 0 Å². The van der Waals surface area contributed by atoms with Gasteiger partial charge in [-0.3, -0.25) is 0 Å². The van der Waals surface area contributed by atoms with Crippen molar-refractivity contribution >= 4 is 33.1 Å². The van der Waals surface area contributed by atoms with E-state index >= 15 is 0 Å². The molecule has 12 heteroatoms. The van der Waals surface area contributed by atoms with Crippen molar-refractivity contribution in [2.24, 2.45) is 5.73 Å². The summed E-state index contributed by atoms with van der Waals surface area (Å²) in [4.78, 5) is 24.0. The number of benzene rings is 2. The van der Waals surface area contributed by atoms with Gasteiger partial charge in [-0.25, -0.2) is 22.4 Å². The maximum absolute atomic E-state index is 13.5. The fourth-order valence-corrected chi connectivity index (χ4v) is 5.61. The lowest BCUT2D eigenvalue weighted by atomic mass is 10.1. The molecule has 1 fully saturated rings. The van der Waals surface area contributed by atoms with E-state index in [1.165, 1.54) is 28.6 Å². The van der Waals surface area contributed by atoms with Gasteiger partial charge >= 0.3 is 12.1 Å². The zero-order chi connectivity index (χ0) is 26.2. The van der Waals surface area contributed by atoms with Crippen molar-refractivity contribution in [1.82, 2.24) is 4.31 Å². The number of amides is 1. The number of esters is 1. The Hall–Kier alpha value is -3.48. The number of carbonyl (C=O) groups excluding carboxylic acids is 2. The number of piperidine rings is 1. The third kappa shape index (κ3) is 5.06. The molecule has 1 aromatic heterocycles. The summed E-state index contributed by atoms with van der Waals surface area (Å²) in [5.74, 6) is -1.76. The zero-order valence-electron chi connectivity index (χ0n) is 19.6. The monoisotopic (exact) mass is 520 g/mol. The highest BCUT2D eigenvalue weighted by molar-refractivity contribution is 7.89. The Kier molecular flexibility index (Phi) is 7.03. The van der Waals surface area contributed by atoms with Gasteiger partial charge in [0.1, 0.15) is 33.4 Å². The van der Waals surface area contributed by atoms with Crippen LogP contribution >= 0.6 is 0 Å². The first-order chi connectivity index (χ1) is 17.0. The number of rotatable bonds is 6. The zero-order valence-corrected chi connectivity index (χ0v) is 20.4. The smallest absolute Gasteiger partial charge is 0.412 e. The average Bonchev–Trinajstić information content (AvgIpc) is 3.17. The highest BCUT2D eigenvalue weighted by atomic mass is 32.2. The Morgan fingerprint density at radius 3 is 2.39 bits per heavy atom. The summed E-state index contributed by atoms with van der Waals surface area (Å²) in [6.45, 7) is 3.66. The summed E-state index contributed by atoms with van der Waals surface area (Å²) in [5.41, 5.74) is 5.11. The van der Waals surface area contributed by atoms with Crippen LogP contribution in [0.3, 0.4) is 0 Å². The highest BCUT2D eigenvalue weighted by Gasteiger charge is 2.34. The molecular weight excluding hydrogens is 495 g/mol. The number of sulfonamides is 1. The molecule has 0 bridgehead atoms. The molecule has 0 spiro atoms. The van der Waals surface area contributed by atoms with Crippen LogP contribution in [-0.2, 0) is 14.8 Å². The van der Waals surface area contributed by atoms with Crippen LogP contribution in [0.2, 0.25) is 0 Å². The standard InChI is InChI=1S/C24H25FN2O8S/c1-13(2)33-19-11-17-18(12-20(19)36(31,32)27-9-7-16(28)8-10-27)34-22(14-3-5-15(25)6-4-14)21(17)23(29)35-24(26)30/h3-6,11-13,16,28H,7-10H2,1-2H3,(H2,26,30). The maximum atomic E-state index is 13.5. The number of nitrogens with zero attached hydrogens (tertiary/aromatic N) is 1. The normalized spacial score (nSPS) is 15.4. The number of primary amides is 1. The Bertz CT molecular complexity index is 1410. The summed E-state index contributed by atoms with van der Waals surface area (Å²) in [6, 6.07) is 7.59. The number of carbonyl (C=O) groups is 2. The summed E-state index contributed by atoms with van der Waals surface area (Å²) < 4.78 is 58.1. The van der Waals surface area contributed by atoms with Crippen LogP contribution in [0.4, 0.5) is 9.18 Å². The summed E-state index contributed by atoms with van der Waals surface area (Å²) in [6.07, 6.45) is -1.76. The van der Waals surface area contributed by atoms with Crippen LogP contribution in [0.5, 0.6) is 5.75 Å². The lowest BCUT2D eigenvalue weighted by Gasteiger charge is -2.29. The van der Waals surface area contributed by atoms with Crippen molar-refractivity contribution < 1.29 is 41.4 Å². The van der Waals surface area contributed by atoms with E-state index in [4.69, 9.17) is 14.9 Å². The average molecular weight is 521 g/mol. The Morgan fingerprint density at radius 2 is 1.81 bits per heavy atom. The SMILES string of the molecule is CC(C)Oc1cc2c(C(=O)OC(N)=O)c(-c3ccc(F)cc3)oc2cc1S(=O)(=O)N1CCC(O)CC1. The Morgan fingerprint density at radius 1 is 1.17 bits per heavy atom. The van der Waals surface area contributed by atoms with Gasteiger partial charge in [-0.05, 0) is 57.0 Å². The molecule has 0 unspecified atom stereocenters. The van der Waals surface area contributed by atoms with Gasteiger partial charge < -0.3 is 24.7 Å². The molecule has 2 aromatic carbocycles. The van der Waals surface area contributed by atoms with E-state index < -0.39 is 40.1 Å². The van der Waals surface area contributed by atoms with E-state index in [0.29, 0.717) is 12.8 Å². The van der Waals surface area contributed by atoms with Crippen LogP contribution in [0, 0.1) is 5.82 Å². The molecule has 2 heterocycles. The van der Waals surface area contributed by atoms with Gasteiger partial charge in [0, 0.05) is 30.1 Å². The first-order valence-electron chi connectivity index (χ1n) is 11.2. The van der Waals surface area contributed by atoms with E-state index in [9.17, 15) is 27.5 Å². The van der Waals surface area contributed by atoms with Gasteiger partial charge in [-0.1, -0.05) is 0 Å². The minimum Gasteiger partial charge on any atom is -0.490 e. The van der Waals surface area contributed by atoms with Gasteiger partial charge in [-0.2, -0.15) is 4.31 Å². The number of nitrogens with two attached hydrogens (primary N) is 1. The fraction of sp³-hybridized carbons (Fsp3) is 0.333.